The molecule has 3 amide bonds. The zero-order valence-corrected chi connectivity index (χ0v) is 13.3. The van der Waals surface area contributed by atoms with Crippen LogP contribution < -0.4 is 10.6 Å². The standard InChI is InChI=1S/C15H15BrN2O4/c16-11-4-1-10(2-5-11)3-8-14(20)22-9-13(19)18-15(21)17-12-6-7-12/h1-5,8,12H,6-7,9H2,(H2,17,18,19,21)/b8-3+. The van der Waals surface area contributed by atoms with Gasteiger partial charge in [-0.2, -0.15) is 0 Å². The summed E-state index contributed by atoms with van der Waals surface area (Å²) < 4.78 is 5.68. The molecule has 0 saturated heterocycles. The van der Waals surface area contributed by atoms with Gasteiger partial charge in [-0.15, -0.1) is 0 Å². The Labute approximate surface area is 136 Å². The number of carbonyl (C=O) groups excluding carboxylic acids is 3. The lowest BCUT2D eigenvalue weighted by Gasteiger charge is -2.05. The second-order valence-corrected chi connectivity index (χ2v) is 5.70. The van der Waals surface area contributed by atoms with Crippen LogP contribution in [0.4, 0.5) is 4.79 Å². The van der Waals surface area contributed by atoms with Gasteiger partial charge in [-0.1, -0.05) is 28.1 Å². The molecule has 0 spiro atoms. The Balaban J connectivity index is 1.68. The minimum atomic E-state index is -0.663. The van der Waals surface area contributed by atoms with Gasteiger partial charge < -0.3 is 10.1 Å². The topological polar surface area (TPSA) is 84.5 Å². The van der Waals surface area contributed by atoms with E-state index < -0.39 is 24.5 Å². The van der Waals surface area contributed by atoms with Crippen LogP contribution in [-0.2, 0) is 14.3 Å². The molecule has 0 radical (unpaired) electrons. The first-order valence-corrected chi connectivity index (χ1v) is 7.53. The van der Waals surface area contributed by atoms with Gasteiger partial charge in [0.1, 0.15) is 0 Å². The molecule has 1 aromatic rings. The third-order valence-corrected chi connectivity index (χ3v) is 3.32. The molecule has 6 nitrogen and oxygen atoms in total. The van der Waals surface area contributed by atoms with Crippen LogP contribution in [0.5, 0.6) is 0 Å². The number of hydrogen-bond donors (Lipinski definition) is 2. The van der Waals surface area contributed by atoms with Crippen LogP contribution in [0, 0.1) is 0 Å². The van der Waals surface area contributed by atoms with Crippen molar-refractivity contribution in [1.29, 1.82) is 0 Å². The van der Waals surface area contributed by atoms with Crippen molar-refractivity contribution in [3.05, 3.63) is 40.4 Å². The van der Waals surface area contributed by atoms with Gasteiger partial charge in [0.05, 0.1) is 0 Å². The Kier molecular flexibility index (Phi) is 5.71. The van der Waals surface area contributed by atoms with Crippen molar-refractivity contribution in [2.24, 2.45) is 0 Å². The molecule has 1 saturated carbocycles. The highest BCUT2D eigenvalue weighted by Gasteiger charge is 2.23. The number of rotatable bonds is 5. The highest BCUT2D eigenvalue weighted by Crippen LogP contribution is 2.18. The molecule has 0 bridgehead atoms. The van der Waals surface area contributed by atoms with Gasteiger partial charge >= 0.3 is 12.0 Å². The Hall–Kier alpha value is -2.15. The van der Waals surface area contributed by atoms with Crippen LogP contribution in [-0.4, -0.2) is 30.6 Å². The fraction of sp³-hybridized carbons (Fsp3) is 0.267. The number of halogens is 1. The summed E-state index contributed by atoms with van der Waals surface area (Å²) in [7, 11) is 0. The normalized spacial score (nSPS) is 13.7. The number of amides is 3. The van der Waals surface area contributed by atoms with E-state index in [0.717, 1.165) is 22.9 Å². The molecule has 1 fully saturated rings. The summed E-state index contributed by atoms with van der Waals surface area (Å²) in [4.78, 5) is 34.1. The summed E-state index contributed by atoms with van der Waals surface area (Å²) in [5, 5.41) is 4.69. The van der Waals surface area contributed by atoms with E-state index in [-0.39, 0.29) is 6.04 Å². The molecule has 1 aromatic carbocycles. The van der Waals surface area contributed by atoms with Crippen molar-refractivity contribution in [2.45, 2.75) is 18.9 Å². The molecule has 0 unspecified atom stereocenters. The molecule has 22 heavy (non-hydrogen) atoms. The summed E-state index contributed by atoms with van der Waals surface area (Å²) in [6.45, 7) is -0.498. The van der Waals surface area contributed by atoms with E-state index in [1.807, 2.05) is 24.3 Å². The number of ether oxygens (including phenoxy) is 1. The highest BCUT2D eigenvalue weighted by molar-refractivity contribution is 9.10. The largest absolute Gasteiger partial charge is 0.452 e. The summed E-state index contributed by atoms with van der Waals surface area (Å²) in [6.07, 6.45) is 4.65. The number of benzene rings is 1. The van der Waals surface area contributed by atoms with Gasteiger partial charge in [-0.3, -0.25) is 10.1 Å². The zero-order chi connectivity index (χ0) is 15.9. The minimum Gasteiger partial charge on any atom is -0.452 e. The molecule has 2 rings (SSSR count). The van der Waals surface area contributed by atoms with E-state index >= 15 is 0 Å². The average Bonchev–Trinajstić information content (AvgIpc) is 3.28. The van der Waals surface area contributed by atoms with Crippen molar-refractivity contribution >= 4 is 39.9 Å². The molecule has 2 N–H and O–H groups in total. The van der Waals surface area contributed by atoms with Crippen molar-refractivity contribution in [3.63, 3.8) is 0 Å². The maximum Gasteiger partial charge on any atom is 0.331 e. The van der Waals surface area contributed by atoms with E-state index in [4.69, 9.17) is 4.74 Å². The van der Waals surface area contributed by atoms with Gasteiger partial charge in [0.25, 0.3) is 5.91 Å². The fourth-order valence-corrected chi connectivity index (χ4v) is 1.80. The van der Waals surface area contributed by atoms with E-state index in [0.29, 0.717) is 0 Å². The van der Waals surface area contributed by atoms with Gasteiger partial charge in [-0.05, 0) is 36.6 Å². The predicted octanol–water partition coefficient (Wildman–Crippen LogP) is 1.99. The van der Waals surface area contributed by atoms with Gasteiger partial charge in [0.2, 0.25) is 0 Å². The molecule has 0 aliphatic heterocycles. The molecule has 0 heterocycles. The van der Waals surface area contributed by atoms with Crippen LogP contribution in [0.1, 0.15) is 18.4 Å². The van der Waals surface area contributed by atoms with Crippen LogP contribution in [0.3, 0.4) is 0 Å². The Morgan fingerprint density at radius 2 is 1.91 bits per heavy atom. The van der Waals surface area contributed by atoms with Crippen LogP contribution >= 0.6 is 15.9 Å². The zero-order valence-electron chi connectivity index (χ0n) is 11.7. The van der Waals surface area contributed by atoms with Crippen molar-refractivity contribution in [1.82, 2.24) is 10.6 Å². The lowest BCUT2D eigenvalue weighted by atomic mass is 10.2. The molecular formula is C15H15BrN2O4. The number of imide groups is 1. The average molecular weight is 367 g/mol. The molecule has 7 heteroatoms. The summed E-state index contributed by atoms with van der Waals surface area (Å²) in [5.74, 6) is -1.32. The van der Waals surface area contributed by atoms with Crippen LogP contribution in [0.15, 0.2) is 34.8 Å². The first-order valence-electron chi connectivity index (χ1n) is 6.73. The van der Waals surface area contributed by atoms with Crippen LogP contribution in [0.2, 0.25) is 0 Å². The second-order valence-electron chi connectivity index (χ2n) is 4.79. The molecule has 1 aliphatic carbocycles. The Bertz CT molecular complexity index is 594. The summed E-state index contributed by atoms with van der Waals surface area (Å²) >= 11 is 3.31. The summed E-state index contributed by atoms with van der Waals surface area (Å²) in [5.41, 5.74) is 0.827. The van der Waals surface area contributed by atoms with E-state index in [9.17, 15) is 14.4 Å². The number of urea groups is 1. The lowest BCUT2D eigenvalue weighted by Crippen LogP contribution is -2.42. The molecule has 116 valence electrons. The molecule has 0 atom stereocenters. The van der Waals surface area contributed by atoms with Crippen LogP contribution in [0.25, 0.3) is 6.08 Å². The van der Waals surface area contributed by atoms with Crippen molar-refractivity contribution < 1.29 is 19.1 Å². The highest BCUT2D eigenvalue weighted by atomic mass is 79.9. The number of carbonyl (C=O) groups is 3. The quantitative estimate of drug-likeness (QED) is 0.616. The van der Waals surface area contributed by atoms with Crippen molar-refractivity contribution in [3.8, 4) is 0 Å². The fourth-order valence-electron chi connectivity index (χ4n) is 1.53. The molecule has 1 aliphatic rings. The smallest absolute Gasteiger partial charge is 0.331 e. The second kappa shape index (κ2) is 7.74. The third kappa shape index (κ3) is 6.09. The maximum absolute atomic E-state index is 11.5. The molecule has 0 aromatic heterocycles. The number of esters is 1. The minimum absolute atomic E-state index is 0.157. The lowest BCUT2D eigenvalue weighted by molar-refractivity contribution is -0.143. The third-order valence-electron chi connectivity index (χ3n) is 2.79. The first kappa shape index (κ1) is 16.2. The van der Waals surface area contributed by atoms with Gasteiger partial charge in [0.15, 0.2) is 6.61 Å². The summed E-state index contributed by atoms with van der Waals surface area (Å²) in [6, 6.07) is 6.93. The SMILES string of the molecule is O=C(COC(=O)/C=C/c1ccc(Br)cc1)NC(=O)NC1CC1. The predicted molar refractivity (Wildman–Crippen MR) is 83.8 cm³/mol. The van der Waals surface area contributed by atoms with E-state index in [1.54, 1.807) is 6.08 Å². The number of nitrogens with one attached hydrogen (secondary N) is 2. The Morgan fingerprint density at radius 1 is 1.23 bits per heavy atom. The van der Waals surface area contributed by atoms with Gasteiger partial charge in [0, 0.05) is 16.6 Å². The van der Waals surface area contributed by atoms with E-state index in [2.05, 4.69) is 26.6 Å². The van der Waals surface area contributed by atoms with Crippen molar-refractivity contribution in [2.75, 3.05) is 6.61 Å². The monoisotopic (exact) mass is 366 g/mol. The molecular weight excluding hydrogens is 352 g/mol. The number of hydrogen-bond acceptors (Lipinski definition) is 4. The maximum atomic E-state index is 11.5. The Morgan fingerprint density at radius 3 is 2.55 bits per heavy atom. The first-order chi connectivity index (χ1) is 10.5. The van der Waals surface area contributed by atoms with Gasteiger partial charge in [-0.25, -0.2) is 9.59 Å². The van der Waals surface area contributed by atoms with E-state index in [1.165, 1.54) is 6.08 Å².